The zero-order chi connectivity index (χ0) is 23.7. The first-order valence-electron chi connectivity index (χ1n) is 10.7. The molecule has 2 amide bonds. The molecule has 1 atom stereocenters. The normalized spacial score (nSPS) is 17.8. The fourth-order valence-electron chi connectivity index (χ4n) is 4.02. The summed E-state index contributed by atoms with van der Waals surface area (Å²) in [5, 5.41) is 2.69. The SMILES string of the molecule is CCC1(C)CN(c2ccc(Cl)c(F)c2)c2ccc(C(=O)N(CCNC=O)C(C)(C)C)nc21. The molecule has 8 heteroatoms. The second kappa shape index (κ2) is 9.06. The number of aromatic nitrogens is 1. The Morgan fingerprint density at radius 2 is 2.06 bits per heavy atom. The number of fused-ring (bicyclic) bond motifs is 1. The Balaban J connectivity index is 2.00. The Labute approximate surface area is 193 Å². The quantitative estimate of drug-likeness (QED) is 0.481. The van der Waals surface area contributed by atoms with Crippen LogP contribution < -0.4 is 10.2 Å². The number of carbonyl (C=O) groups excluding carboxylic acids is 2. The van der Waals surface area contributed by atoms with Crippen molar-refractivity contribution >= 4 is 35.3 Å². The van der Waals surface area contributed by atoms with Crippen LogP contribution in [-0.2, 0) is 10.2 Å². The van der Waals surface area contributed by atoms with E-state index in [1.165, 1.54) is 6.07 Å². The van der Waals surface area contributed by atoms with Crippen LogP contribution in [0.2, 0.25) is 5.02 Å². The minimum atomic E-state index is -0.472. The molecular formula is C24H30ClFN4O2. The van der Waals surface area contributed by atoms with Gasteiger partial charge in [0.15, 0.2) is 0 Å². The maximum absolute atomic E-state index is 14.1. The van der Waals surface area contributed by atoms with Crippen molar-refractivity contribution in [1.29, 1.82) is 0 Å². The smallest absolute Gasteiger partial charge is 0.272 e. The number of benzene rings is 1. The molecule has 172 valence electrons. The van der Waals surface area contributed by atoms with Gasteiger partial charge in [0.2, 0.25) is 6.41 Å². The molecule has 1 N–H and O–H groups in total. The lowest BCUT2D eigenvalue weighted by Crippen LogP contribution is -2.48. The Morgan fingerprint density at radius 3 is 2.66 bits per heavy atom. The van der Waals surface area contributed by atoms with E-state index < -0.39 is 11.4 Å². The van der Waals surface area contributed by atoms with Gasteiger partial charge in [0.25, 0.3) is 5.91 Å². The first-order valence-corrected chi connectivity index (χ1v) is 11.1. The number of nitrogens with one attached hydrogen (secondary N) is 1. The van der Waals surface area contributed by atoms with E-state index in [0.29, 0.717) is 37.4 Å². The number of rotatable bonds is 7. The zero-order valence-electron chi connectivity index (χ0n) is 19.2. The minimum Gasteiger partial charge on any atom is -0.357 e. The van der Waals surface area contributed by atoms with Crippen LogP contribution in [0.3, 0.4) is 0 Å². The van der Waals surface area contributed by atoms with Crippen LogP contribution in [0.25, 0.3) is 0 Å². The molecule has 1 aromatic heterocycles. The highest BCUT2D eigenvalue weighted by molar-refractivity contribution is 6.30. The van der Waals surface area contributed by atoms with Crippen LogP contribution in [0.5, 0.6) is 0 Å². The van der Waals surface area contributed by atoms with E-state index in [2.05, 4.69) is 19.2 Å². The number of nitrogens with zero attached hydrogens (tertiary/aromatic N) is 3. The predicted octanol–water partition coefficient (Wildman–Crippen LogP) is 4.68. The van der Waals surface area contributed by atoms with Gasteiger partial charge in [0, 0.05) is 36.3 Å². The van der Waals surface area contributed by atoms with E-state index in [4.69, 9.17) is 16.6 Å². The molecule has 1 unspecified atom stereocenters. The Kier molecular flexibility index (Phi) is 6.79. The summed E-state index contributed by atoms with van der Waals surface area (Å²) in [5.41, 5.74) is 1.99. The number of hydrogen-bond acceptors (Lipinski definition) is 4. The van der Waals surface area contributed by atoms with Gasteiger partial charge in [-0.1, -0.05) is 25.4 Å². The molecule has 1 aliphatic heterocycles. The summed E-state index contributed by atoms with van der Waals surface area (Å²) in [6.07, 6.45) is 1.43. The largest absolute Gasteiger partial charge is 0.357 e. The van der Waals surface area contributed by atoms with Crippen LogP contribution >= 0.6 is 11.6 Å². The Hall–Kier alpha value is -2.67. The maximum Gasteiger partial charge on any atom is 0.272 e. The summed E-state index contributed by atoms with van der Waals surface area (Å²) in [6, 6.07) is 8.36. The number of pyridine rings is 1. The van der Waals surface area contributed by atoms with Crippen LogP contribution in [0.15, 0.2) is 30.3 Å². The van der Waals surface area contributed by atoms with Crippen molar-refractivity contribution in [3.05, 3.63) is 52.6 Å². The molecule has 3 rings (SSSR count). The standard InChI is InChI=1S/C24H30ClFN4O2/c1-6-24(5)14-29(16-7-8-17(25)18(26)13-16)20-10-9-19(28-21(20)24)22(32)30(23(2,3)4)12-11-27-15-31/h7-10,13,15H,6,11-12,14H2,1-5H3,(H,27,31). The second-order valence-electron chi connectivity index (χ2n) is 9.36. The summed E-state index contributed by atoms with van der Waals surface area (Å²) in [6.45, 7) is 11.4. The third-order valence-corrected chi connectivity index (χ3v) is 6.38. The van der Waals surface area contributed by atoms with Gasteiger partial charge in [-0.15, -0.1) is 0 Å². The van der Waals surface area contributed by atoms with Gasteiger partial charge in [-0.2, -0.15) is 0 Å². The number of hydrogen-bond donors (Lipinski definition) is 1. The number of halogens is 2. The molecule has 0 saturated carbocycles. The van der Waals surface area contributed by atoms with Crippen LogP contribution in [-0.4, -0.2) is 47.4 Å². The van der Waals surface area contributed by atoms with Crippen LogP contribution in [0.1, 0.15) is 57.2 Å². The highest BCUT2D eigenvalue weighted by Gasteiger charge is 2.41. The van der Waals surface area contributed by atoms with E-state index >= 15 is 0 Å². The van der Waals surface area contributed by atoms with Gasteiger partial charge in [0.1, 0.15) is 11.5 Å². The summed E-state index contributed by atoms with van der Waals surface area (Å²) in [4.78, 5) is 32.6. The summed E-state index contributed by atoms with van der Waals surface area (Å²) < 4.78 is 14.1. The van der Waals surface area contributed by atoms with Crippen molar-refractivity contribution in [2.24, 2.45) is 0 Å². The zero-order valence-corrected chi connectivity index (χ0v) is 20.0. The molecule has 0 bridgehead atoms. The van der Waals surface area contributed by atoms with Crippen LogP contribution in [0, 0.1) is 5.82 Å². The fourth-order valence-corrected chi connectivity index (χ4v) is 4.14. The van der Waals surface area contributed by atoms with Crippen LogP contribution in [0.4, 0.5) is 15.8 Å². The van der Waals surface area contributed by atoms with Crippen molar-refractivity contribution in [3.63, 3.8) is 0 Å². The number of anilines is 2. The van der Waals surface area contributed by atoms with Crippen molar-refractivity contribution in [1.82, 2.24) is 15.2 Å². The summed E-state index contributed by atoms with van der Waals surface area (Å²) >= 11 is 5.87. The molecule has 1 aromatic carbocycles. The molecule has 32 heavy (non-hydrogen) atoms. The molecule has 0 fully saturated rings. The van der Waals surface area contributed by atoms with E-state index in [1.54, 1.807) is 23.1 Å². The van der Waals surface area contributed by atoms with E-state index in [1.807, 2.05) is 31.7 Å². The molecular weight excluding hydrogens is 431 g/mol. The average molecular weight is 461 g/mol. The maximum atomic E-state index is 14.1. The van der Waals surface area contributed by atoms with Gasteiger partial charge in [-0.3, -0.25) is 9.59 Å². The van der Waals surface area contributed by atoms with Gasteiger partial charge in [0.05, 0.1) is 16.4 Å². The van der Waals surface area contributed by atoms with E-state index in [0.717, 1.165) is 17.8 Å². The highest BCUT2D eigenvalue weighted by atomic mass is 35.5. The molecule has 0 saturated heterocycles. The van der Waals surface area contributed by atoms with Crippen molar-refractivity contribution in [3.8, 4) is 0 Å². The first kappa shape index (κ1) is 24.0. The van der Waals surface area contributed by atoms with Gasteiger partial charge < -0.3 is 15.1 Å². The second-order valence-corrected chi connectivity index (χ2v) is 9.77. The molecule has 0 aliphatic carbocycles. The molecule has 0 spiro atoms. The van der Waals surface area contributed by atoms with Crippen molar-refractivity contribution in [2.75, 3.05) is 24.5 Å². The third-order valence-electron chi connectivity index (χ3n) is 6.08. The topological polar surface area (TPSA) is 65.5 Å². The van der Waals surface area contributed by atoms with Gasteiger partial charge >= 0.3 is 0 Å². The van der Waals surface area contributed by atoms with Gasteiger partial charge in [-0.05, 0) is 57.5 Å². The van der Waals surface area contributed by atoms with Crippen molar-refractivity contribution < 1.29 is 14.0 Å². The monoisotopic (exact) mass is 460 g/mol. The lowest BCUT2D eigenvalue weighted by molar-refractivity contribution is -0.109. The summed E-state index contributed by atoms with van der Waals surface area (Å²) in [5.74, 6) is -0.664. The molecule has 2 heterocycles. The van der Waals surface area contributed by atoms with Crippen molar-refractivity contribution in [2.45, 2.75) is 52.0 Å². The Bertz CT molecular complexity index is 1020. The third kappa shape index (κ3) is 4.58. The first-order chi connectivity index (χ1) is 15.0. The Morgan fingerprint density at radius 1 is 1.34 bits per heavy atom. The highest BCUT2D eigenvalue weighted by Crippen LogP contribution is 2.45. The molecule has 2 aromatic rings. The number of carbonyl (C=O) groups is 2. The fraction of sp³-hybridized carbons (Fsp3) is 0.458. The molecule has 6 nitrogen and oxygen atoms in total. The number of amides is 2. The molecule has 0 radical (unpaired) electrons. The molecule has 1 aliphatic rings. The predicted molar refractivity (Wildman–Crippen MR) is 125 cm³/mol. The van der Waals surface area contributed by atoms with E-state index in [9.17, 15) is 14.0 Å². The average Bonchev–Trinajstić information content (AvgIpc) is 3.05. The minimum absolute atomic E-state index is 0.0804. The van der Waals surface area contributed by atoms with E-state index in [-0.39, 0.29) is 16.3 Å². The summed E-state index contributed by atoms with van der Waals surface area (Å²) in [7, 11) is 0. The lowest BCUT2D eigenvalue weighted by atomic mass is 9.85. The lowest BCUT2D eigenvalue weighted by Gasteiger charge is -2.35. The van der Waals surface area contributed by atoms with Gasteiger partial charge in [-0.25, -0.2) is 9.37 Å².